The number of rotatable bonds is 5. The summed E-state index contributed by atoms with van der Waals surface area (Å²) in [7, 11) is 0. The first kappa shape index (κ1) is 13.0. The topological polar surface area (TPSA) is 120 Å². The van der Waals surface area contributed by atoms with Crippen LogP contribution in [0.4, 0.5) is 16.3 Å². The lowest BCUT2D eigenvalue weighted by Crippen LogP contribution is -2.19. The second-order valence-electron chi connectivity index (χ2n) is 2.87. The van der Waals surface area contributed by atoms with E-state index in [-0.39, 0.29) is 29.7 Å². The van der Waals surface area contributed by atoms with Crippen LogP contribution in [-0.2, 0) is 4.74 Å². The smallest absolute Gasteiger partial charge is 0.404 e. The number of hydrogen-bond acceptors (Lipinski definition) is 6. The fourth-order valence-electron chi connectivity index (χ4n) is 1.03. The Bertz CT molecular complexity index is 440. The summed E-state index contributed by atoms with van der Waals surface area (Å²) in [5, 5.41) is 13.5. The highest BCUT2D eigenvalue weighted by Crippen LogP contribution is 2.24. The van der Waals surface area contributed by atoms with Gasteiger partial charge in [0.1, 0.15) is 6.61 Å². The zero-order valence-corrected chi connectivity index (χ0v) is 9.31. The van der Waals surface area contributed by atoms with Crippen molar-refractivity contribution in [3.63, 3.8) is 0 Å². The Kier molecular flexibility index (Phi) is 4.46. The molecule has 1 rings (SSSR count). The maximum absolute atomic E-state index is 10.7. The monoisotopic (exact) mass is 260 g/mol. The molecule has 3 N–H and O–H groups in total. The summed E-state index contributed by atoms with van der Waals surface area (Å²) in [6.07, 6.45) is 0.358. The van der Waals surface area contributed by atoms with Crippen molar-refractivity contribution in [1.82, 2.24) is 4.98 Å². The molecule has 0 aliphatic rings. The van der Waals surface area contributed by atoms with Crippen molar-refractivity contribution in [3.05, 3.63) is 27.4 Å². The van der Waals surface area contributed by atoms with Crippen molar-refractivity contribution in [2.45, 2.75) is 0 Å². The third-order valence-electron chi connectivity index (χ3n) is 1.67. The first-order chi connectivity index (χ1) is 8.00. The predicted molar refractivity (Wildman–Crippen MR) is 59.9 cm³/mol. The molecule has 9 heteroatoms. The van der Waals surface area contributed by atoms with Gasteiger partial charge in [-0.25, -0.2) is 9.78 Å². The molecule has 1 aromatic heterocycles. The number of aromatic nitrogens is 1. The number of amides is 1. The minimum absolute atomic E-state index is 0.0171. The molecule has 1 aromatic rings. The highest BCUT2D eigenvalue weighted by atomic mass is 35.5. The second-order valence-corrected chi connectivity index (χ2v) is 3.31. The van der Waals surface area contributed by atoms with Crippen molar-refractivity contribution < 1.29 is 14.5 Å². The van der Waals surface area contributed by atoms with Gasteiger partial charge in [-0.05, 0) is 0 Å². The molecule has 92 valence electrons. The summed E-state index contributed by atoms with van der Waals surface area (Å²) in [6.45, 7) is 0.134. The number of anilines is 1. The first-order valence-corrected chi connectivity index (χ1v) is 4.84. The molecular formula is C8H9ClN4O4. The number of pyridine rings is 1. The minimum Gasteiger partial charge on any atom is -0.448 e. The van der Waals surface area contributed by atoms with Crippen molar-refractivity contribution in [1.29, 1.82) is 0 Å². The van der Waals surface area contributed by atoms with Gasteiger partial charge in [0.05, 0.1) is 16.5 Å². The first-order valence-electron chi connectivity index (χ1n) is 4.46. The Morgan fingerprint density at radius 3 is 3.00 bits per heavy atom. The molecule has 0 atom stereocenters. The number of carbonyl (C=O) groups is 1. The van der Waals surface area contributed by atoms with Crippen LogP contribution in [0.5, 0.6) is 0 Å². The summed E-state index contributed by atoms with van der Waals surface area (Å²) in [6, 6.07) is 1.17. The van der Waals surface area contributed by atoms with Gasteiger partial charge in [-0.2, -0.15) is 0 Å². The molecule has 0 aliphatic carbocycles. The van der Waals surface area contributed by atoms with Crippen LogP contribution < -0.4 is 11.1 Å². The van der Waals surface area contributed by atoms with E-state index in [1.54, 1.807) is 0 Å². The SMILES string of the molecule is NC(=O)OCCNc1ncc(Cl)cc1[N+](=O)[O-]. The molecule has 0 aromatic carbocycles. The van der Waals surface area contributed by atoms with Crippen molar-refractivity contribution in [2.75, 3.05) is 18.5 Å². The van der Waals surface area contributed by atoms with E-state index in [9.17, 15) is 14.9 Å². The van der Waals surface area contributed by atoms with Gasteiger partial charge in [-0.15, -0.1) is 0 Å². The predicted octanol–water partition coefficient (Wildman–Crippen LogP) is 1.15. The number of nitrogens with two attached hydrogens (primary N) is 1. The van der Waals surface area contributed by atoms with Crippen LogP contribution in [0.2, 0.25) is 5.02 Å². The Morgan fingerprint density at radius 2 is 2.41 bits per heavy atom. The lowest BCUT2D eigenvalue weighted by molar-refractivity contribution is -0.384. The molecule has 8 nitrogen and oxygen atoms in total. The van der Waals surface area contributed by atoms with E-state index in [4.69, 9.17) is 17.3 Å². The fourth-order valence-corrected chi connectivity index (χ4v) is 1.18. The molecule has 0 unspecified atom stereocenters. The van der Waals surface area contributed by atoms with Gasteiger partial charge in [0.15, 0.2) is 0 Å². The summed E-state index contributed by atoms with van der Waals surface area (Å²) in [4.78, 5) is 24.1. The zero-order valence-electron chi connectivity index (χ0n) is 8.55. The van der Waals surface area contributed by atoms with Gasteiger partial charge in [0.25, 0.3) is 0 Å². The molecule has 0 saturated carbocycles. The Hall–Kier alpha value is -2.09. The maximum Gasteiger partial charge on any atom is 0.404 e. The van der Waals surface area contributed by atoms with E-state index in [2.05, 4.69) is 15.0 Å². The number of nitro groups is 1. The Balaban J connectivity index is 2.64. The number of carbonyl (C=O) groups excluding carboxylic acids is 1. The molecule has 0 radical (unpaired) electrons. The van der Waals surface area contributed by atoms with Crippen LogP contribution >= 0.6 is 11.6 Å². The van der Waals surface area contributed by atoms with E-state index in [0.29, 0.717) is 0 Å². The van der Waals surface area contributed by atoms with Gasteiger partial charge >= 0.3 is 11.8 Å². The van der Waals surface area contributed by atoms with Gasteiger partial charge in [0.2, 0.25) is 5.82 Å². The Labute approximate surface area is 101 Å². The van der Waals surface area contributed by atoms with Crippen LogP contribution in [0.25, 0.3) is 0 Å². The molecule has 0 aliphatic heterocycles. The van der Waals surface area contributed by atoms with Crippen molar-refractivity contribution in [3.8, 4) is 0 Å². The maximum atomic E-state index is 10.7. The summed E-state index contributed by atoms with van der Waals surface area (Å²) in [5.41, 5.74) is 4.49. The van der Waals surface area contributed by atoms with Crippen LogP contribution in [-0.4, -0.2) is 29.2 Å². The average Bonchev–Trinajstić information content (AvgIpc) is 2.25. The number of nitrogens with zero attached hydrogens (tertiary/aromatic N) is 2. The number of nitrogens with one attached hydrogen (secondary N) is 1. The molecule has 1 amide bonds. The van der Waals surface area contributed by atoms with Crippen LogP contribution in [0.15, 0.2) is 12.3 Å². The van der Waals surface area contributed by atoms with Crippen molar-refractivity contribution >= 4 is 29.2 Å². The number of halogens is 1. The second kappa shape index (κ2) is 5.85. The summed E-state index contributed by atoms with van der Waals surface area (Å²) >= 11 is 5.58. The van der Waals surface area contributed by atoms with E-state index in [1.807, 2.05) is 0 Å². The highest BCUT2D eigenvalue weighted by molar-refractivity contribution is 6.30. The lowest BCUT2D eigenvalue weighted by atomic mass is 10.4. The average molecular weight is 261 g/mol. The van der Waals surface area contributed by atoms with E-state index in [0.717, 1.165) is 0 Å². The number of primary amides is 1. The van der Waals surface area contributed by atoms with Gasteiger partial charge in [0, 0.05) is 12.3 Å². The molecular weight excluding hydrogens is 252 g/mol. The van der Waals surface area contributed by atoms with E-state index >= 15 is 0 Å². The van der Waals surface area contributed by atoms with Crippen LogP contribution in [0.1, 0.15) is 0 Å². The minimum atomic E-state index is -0.912. The third-order valence-corrected chi connectivity index (χ3v) is 1.88. The Morgan fingerprint density at radius 1 is 1.71 bits per heavy atom. The number of hydrogen-bond donors (Lipinski definition) is 2. The number of ether oxygens (including phenoxy) is 1. The fraction of sp³-hybridized carbons (Fsp3) is 0.250. The largest absolute Gasteiger partial charge is 0.448 e. The van der Waals surface area contributed by atoms with Gasteiger partial charge in [-0.3, -0.25) is 10.1 Å². The highest BCUT2D eigenvalue weighted by Gasteiger charge is 2.15. The normalized spacial score (nSPS) is 9.71. The quantitative estimate of drug-likeness (QED) is 0.465. The van der Waals surface area contributed by atoms with E-state index < -0.39 is 11.0 Å². The van der Waals surface area contributed by atoms with Gasteiger partial charge in [-0.1, -0.05) is 11.6 Å². The lowest BCUT2D eigenvalue weighted by Gasteiger charge is -2.05. The van der Waals surface area contributed by atoms with Gasteiger partial charge < -0.3 is 15.8 Å². The molecule has 0 saturated heterocycles. The zero-order chi connectivity index (χ0) is 12.8. The standard InChI is InChI=1S/C8H9ClN4O4/c9-5-3-6(13(15)16)7(12-4-5)11-1-2-17-8(10)14/h3-4H,1-2H2,(H2,10,14)(H,11,12). The van der Waals surface area contributed by atoms with E-state index in [1.165, 1.54) is 12.3 Å². The summed E-state index contributed by atoms with van der Waals surface area (Å²) < 4.78 is 4.44. The molecule has 17 heavy (non-hydrogen) atoms. The van der Waals surface area contributed by atoms with Crippen molar-refractivity contribution in [2.24, 2.45) is 5.73 Å². The molecule has 0 spiro atoms. The summed E-state index contributed by atoms with van der Waals surface area (Å²) in [5.74, 6) is 0.0486. The third kappa shape index (κ3) is 4.11. The van der Waals surface area contributed by atoms with Crippen LogP contribution in [0, 0.1) is 10.1 Å². The molecule has 0 bridgehead atoms. The molecule has 0 fully saturated rings. The molecule has 1 heterocycles. The van der Waals surface area contributed by atoms with Crippen LogP contribution in [0.3, 0.4) is 0 Å².